The second kappa shape index (κ2) is 8.54. The van der Waals surface area contributed by atoms with Gasteiger partial charge in [-0.2, -0.15) is 4.31 Å². The third-order valence-corrected chi connectivity index (χ3v) is 7.62. The Balaban J connectivity index is 1.74. The summed E-state index contributed by atoms with van der Waals surface area (Å²) in [4.78, 5) is 12.6. The average Bonchev–Trinajstić information content (AvgIpc) is 2.70. The molecule has 27 heavy (non-hydrogen) atoms. The second-order valence-corrected chi connectivity index (χ2v) is 9.62. The highest BCUT2D eigenvalue weighted by molar-refractivity contribution is 9.10. The van der Waals surface area contributed by atoms with E-state index in [2.05, 4.69) is 21.2 Å². The Morgan fingerprint density at radius 2 is 1.67 bits per heavy atom. The number of para-hydroxylation sites is 1. The average molecular weight is 451 g/mol. The van der Waals surface area contributed by atoms with E-state index in [4.69, 9.17) is 0 Å². The predicted octanol–water partition coefficient (Wildman–Crippen LogP) is 4.65. The van der Waals surface area contributed by atoms with Gasteiger partial charge >= 0.3 is 0 Å². The summed E-state index contributed by atoms with van der Waals surface area (Å²) < 4.78 is 28.0. The molecule has 0 radical (unpaired) electrons. The van der Waals surface area contributed by atoms with Crippen LogP contribution in [0.2, 0.25) is 0 Å². The summed E-state index contributed by atoms with van der Waals surface area (Å²) in [7, 11) is -1.90. The molecule has 0 heterocycles. The number of carbonyl (C=O) groups is 1. The van der Waals surface area contributed by atoms with Crippen LogP contribution in [-0.4, -0.2) is 31.7 Å². The Kier molecular flexibility index (Phi) is 6.34. The van der Waals surface area contributed by atoms with Crippen molar-refractivity contribution in [1.29, 1.82) is 0 Å². The van der Waals surface area contributed by atoms with E-state index in [-0.39, 0.29) is 16.8 Å². The minimum absolute atomic E-state index is 0.0576. The van der Waals surface area contributed by atoms with Crippen LogP contribution in [-0.2, 0) is 10.0 Å². The van der Waals surface area contributed by atoms with Crippen molar-refractivity contribution in [2.45, 2.75) is 43.0 Å². The summed E-state index contributed by atoms with van der Waals surface area (Å²) in [5.74, 6) is -0.286. The van der Waals surface area contributed by atoms with E-state index in [0.29, 0.717) is 11.3 Å². The van der Waals surface area contributed by atoms with Crippen molar-refractivity contribution in [2.24, 2.45) is 0 Å². The van der Waals surface area contributed by atoms with Crippen LogP contribution in [0.15, 0.2) is 57.9 Å². The Hall–Kier alpha value is -1.70. The Morgan fingerprint density at radius 1 is 1.04 bits per heavy atom. The van der Waals surface area contributed by atoms with Crippen LogP contribution < -0.4 is 5.32 Å². The lowest BCUT2D eigenvalue weighted by atomic mass is 9.96. The monoisotopic (exact) mass is 450 g/mol. The molecule has 1 aliphatic carbocycles. The second-order valence-electron chi connectivity index (χ2n) is 6.77. The van der Waals surface area contributed by atoms with Crippen LogP contribution in [0.1, 0.15) is 42.5 Å². The quantitative estimate of drug-likeness (QED) is 0.720. The number of hydrogen-bond donors (Lipinski definition) is 1. The van der Waals surface area contributed by atoms with Crippen LogP contribution in [0.4, 0.5) is 5.69 Å². The first-order chi connectivity index (χ1) is 12.9. The van der Waals surface area contributed by atoms with E-state index in [1.54, 1.807) is 25.2 Å². The third kappa shape index (κ3) is 4.59. The van der Waals surface area contributed by atoms with Gasteiger partial charge in [0.05, 0.1) is 10.6 Å². The van der Waals surface area contributed by atoms with Gasteiger partial charge in [-0.1, -0.05) is 31.4 Å². The summed E-state index contributed by atoms with van der Waals surface area (Å²) in [6.45, 7) is 0. The first-order valence-electron chi connectivity index (χ1n) is 9.03. The fourth-order valence-corrected chi connectivity index (χ4v) is 5.14. The highest BCUT2D eigenvalue weighted by Crippen LogP contribution is 2.27. The van der Waals surface area contributed by atoms with E-state index in [1.165, 1.54) is 22.9 Å². The molecule has 0 bridgehead atoms. The molecular weight excluding hydrogens is 428 g/mol. The minimum atomic E-state index is -3.55. The number of nitrogens with one attached hydrogen (secondary N) is 1. The molecule has 0 aromatic heterocycles. The van der Waals surface area contributed by atoms with E-state index >= 15 is 0 Å². The maximum Gasteiger partial charge on any atom is 0.255 e. The fraction of sp³-hybridized carbons (Fsp3) is 0.350. The van der Waals surface area contributed by atoms with Gasteiger partial charge in [0.25, 0.3) is 5.91 Å². The highest BCUT2D eigenvalue weighted by atomic mass is 79.9. The van der Waals surface area contributed by atoms with Crippen LogP contribution in [0, 0.1) is 0 Å². The molecule has 2 aromatic rings. The minimum Gasteiger partial charge on any atom is -0.321 e. The molecule has 1 saturated carbocycles. The van der Waals surface area contributed by atoms with Gasteiger partial charge in [-0.3, -0.25) is 4.79 Å². The molecule has 0 spiro atoms. The number of rotatable bonds is 5. The number of hydrogen-bond acceptors (Lipinski definition) is 3. The molecule has 0 unspecified atom stereocenters. The number of benzene rings is 2. The number of halogens is 1. The van der Waals surface area contributed by atoms with Crippen molar-refractivity contribution >= 4 is 37.5 Å². The maximum absolute atomic E-state index is 12.9. The number of anilines is 1. The van der Waals surface area contributed by atoms with Gasteiger partial charge in [0.15, 0.2) is 0 Å². The van der Waals surface area contributed by atoms with Crippen molar-refractivity contribution in [3.63, 3.8) is 0 Å². The lowest BCUT2D eigenvalue weighted by Gasteiger charge is -2.30. The zero-order chi connectivity index (χ0) is 19.4. The van der Waals surface area contributed by atoms with Gasteiger partial charge in [-0.25, -0.2) is 8.42 Å². The van der Waals surface area contributed by atoms with Crippen molar-refractivity contribution in [3.05, 3.63) is 58.6 Å². The molecule has 0 aliphatic heterocycles. The topological polar surface area (TPSA) is 66.5 Å². The summed E-state index contributed by atoms with van der Waals surface area (Å²) in [6, 6.07) is 13.5. The van der Waals surface area contributed by atoms with Crippen LogP contribution in [0.5, 0.6) is 0 Å². The van der Waals surface area contributed by atoms with Crippen molar-refractivity contribution in [2.75, 3.05) is 12.4 Å². The lowest BCUT2D eigenvalue weighted by Crippen LogP contribution is -2.38. The SMILES string of the molecule is CN(C1CCCCC1)S(=O)(=O)c1ccc(C(=O)Nc2ccccc2Br)cc1. The molecule has 3 rings (SSSR count). The molecule has 144 valence electrons. The van der Waals surface area contributed by atoms with Crippen LogP contribution in [0.3, 0.4) is 0 Å². The number of nitrogens with zero attached hydrogens (tertiary/aromatic N) is 1. The Labute approximate surface area is 169 Å². The van der Waals surface area contributed by atoms with Crippen LogP contribution in [0.25, 0.3) is 0 Å². The van der Waals surface area contributed by atoms with Gasteiger partial charge in [-0.15, -0.1) is 0 Å². The first kappa shape index (κ1) is 20.0. The summed E-state index contributed by atoms with van der Waals surface area (Å²) in [5.41, 5.74) is 1.07. The summed E-state index contributed by atoms with van der Waals surface area (Å²) in [5, 5.41) is 2.81. The van der Waals surface area contributed by atoms with Crippen molar-refractivity contribution in [1.82, 2.24) is 4.31 Å². The molecule has 0 saturated heterocycles. The Morgan fingerprint density at radius 3 is 2.30 bits per heavy atom. The molecule has 5 nitrogen and oxygen atoms in total. The van der Waals surface area contributed by atoms with Gasteiger partial charge in [-0.05, 0) is 65.2 Å². The standard InChI is InChI=1S/C20H23BrN2O3S/c1-23(16-7-3-2-4-8-16)27(25,26)17-13-11-15(12-14-17)20(24)22-19-10-6-5-9-18(19)21/h5-6,9-14,16H,2-4,7-8H2,1H3,(H,22,24). The molecule has 1 amide bonds. The smallest absolute Gasteiger partial charge is 0.255 e. The van der Waals surface area contributed by atoms with E-state index in [9.17, 15) is 13.2 Å². The maximum atomic E-state index is 12.9. The Bertz CT molecular complexity index is 907. The zero-order valence-electron chi connectivity index (χ0n) is 15.2. The van der Waals surface area contributed by atoms with E-state index in [0.717, 1.165) is 30.2 Å². The van der Waals surface area contributed by atoms with Gasteiger partial charge in [0, 0.05) is 23.1 Å². The fourth-order valence-electron chi connectivity index (χ4n) is 3.34. The first-order valence-corrected chi connectivity index (χ1v) is 11.3. The molecular formula is C20H23BrN2O3S. The number of sulfonamides is 1. The highest BCUT2D eigenvalue weighted by Gasteiger charge is 2.29. The third-order valence-electron chi connectivity index (χ3n) is 5.00. The molecule has 1 aliphatic rings. The molecule has 7 heteroatoms. The van der Waals surface area contributed by atoms with Crippen molar-refractivity contribution in [3.8, 4) is 0 Å². The lowest BCUT2D eigenvalue weighted by molar-refractivity contribution is 0.102. The van der Waals surface area contributed by atoms with Gasteiger partial charge in [0.1, 0.15) is 0 Å². The van der Waals surface area contributed by atoms with Gasteiger partial charge < -0.3 is 5.32 Å². The molecule has 1 fully saturated rings. The largest absolute Gasteiger partial charge is 0.321 e. The molecule has 2 aromatic carbocycles. The molecule has 0 atom stereocenters. The van der Waals surface area contributed by atoms with Crippen molar-refractivity contribution < 1.29 is 13.2 Å². The summed E-state index contributed by atoms with van der Waals surface area (Å²) in [6.07, 6.45) is 5.12. The van der Waals surface area contributed by atoms with Gasteiger partial charge in [0.2, 0.25) is 10.0 Å². The number of amides is 1. The van der Waals surface area contributed by atoms with E-state index in [1.807, 2.05) is 18.2 Å². The summed E-state index contributed by atoms with van der Waals surface area (Å²) >= 11 is 3.39. The van der Waals surface area contributed by atoms with Crippen LogP contribution >= 0.6 is 15.9 Å². The normalized spacial score (nSPS) is 15.7. The zero-order valence-corrected chi connectivity index (χ0v) is 17.6. The molecule has 1 N–H and O–H groups in total. The predicted molar refractivity (Wildman–Crippen MR) is 110 cm³/mol. The van der Waals surface area contributed by atoms with E-state index < -0.39 is 10.0 Å². The number of carbonyl (C=O) groups excluding carboxylic acids is 1.